The Bertz CT molecular complexity index is 1580. The molecule has 7 heteroatoms. The lowest BCUT2D eigenvalue weighted by Crippen LogP contribution is -2.45. The summed E-state index contributed by atoms with van der Waals surface area (Å²) in [7, 11) is -3.43. The molecular formula is C33H39NO5S. The van der Waals surface area contributed by atoms with Gasteiger partial charge in [0.05, 0.1) is 11.9 Å². The van der Waals surface area contributed by atoms with Crippen LogP contribution in [-0.2, 0) is 32.4 Å². The molecule has 6 rings (SSSR count). The smallest absolute Gasteiger partial charge is 0.302 e. The van der Waals surface area contributed by atoms with Crippen molar-refractivity contribution in [3.8, 4) is 28.7 Å². The normalized spacial score (nSPS) is 28.6. The first-order valence-electron chi connectivity index (χ1n) is 14.5. The zero-order chi connectivity index (χ0) is 28.6. The molecule has 1 heterocycles. The van der Waals surface area contributed by atoms with Crippen LogP contribution >= 0.6 is 0 Å². The first-order chi connectivity index (χ1) is 18.9. The minimum atomic E-state index is -3.43. The maximum Gasteiger partial charge on any atom is 0.302 e. The summed E-state index contributed by atoms with van der Waals surface area (Å²) in [5.74, 6) is 7.74. The topological polar surface area (TPSA) is 83.9 Å². The molecule has 2 aromatic carbocycles. The average molecular weight is 562 g/mol. The number of carbonyl (C=O) groups is 1. The molecular weight excluding hydrogens is 522 g/mol. The first kappa shape index (κ1) is 27.2. The number of benzene rings is 2. The molecule has 2 fully saturated rings. The van der Waals surface area contributed by atoms with Crippen LogP contribution in [0.4, 0.5) is 5.69 Å². The van der Waals surface area contributed by atoms with Crippen molar-refractivity contribution in [1.82, 2.24) is 0 Å². The number of fused-ring (bicyclic) bond motifs is 6. The lowest BCUT2D eigenvalue weighted by atomic mass is 9.55. The highest BCUT2D eigenvalue weighted by molar-refractivity contribution is 7.92. The van der Waals surface area contributed by atoms with Gasteiger partial charge in [-0.1, -0.05) is 12.8 Å². The SMILES string of the molecule is CC#Cc1c(C)c(-c2cc3c(cc2O)CC[C@@H]2[C@@H]3CC[C@]3(C)[C@@H](OC(C)=O)CC[C@@H]23)cc2c1CCN2S(C)(=O)=O. The highest BCUT2D eigenvalue weighted by atomic mass is 32.2. The van der Waals surface area contributed by atoms with E-state index in [2.05, 4.69) is 24.8 Å². The second kappa shape index (κ2) is 9.55. The van der Waals surface area contributed by atoms with Gasteiger partial charge in [-0.25, -0.2) is 8.42 Å². The van der Waals surface area contributed by atoms with Crippen LogP contribution in [0.3, 0.4) is 0 Å². The predicted molar refractivity (Wildman–Crippen MR) is 157 cm³/mol. The van der Waals surface area contributed by atoms with E-state index in [1.54, 1.807) is 6.92 Å². The molecule has 0 saturated heterocycles. The van der Waals surface area contributed by atoms with E-state index < -0.39 is 10.0 Å². The Balaban J connectivity index is 1.44. The van der Waals surface area contributed by atoms with Crippen molar-refractivity contribution in [2.45, 2.75) is 84.7 Å². The van der Waals surface area contributed by atoms with Crippen LogP contribution in [0.2, 0.25) is 0 Å². The Morgan fingerprint density at radius 1 is 1.12 bits per heavy atom. The van der Waals surface area contributed by atoms with Crippen molar-refractivity contribution in [2.75, 3.05) is 17.1 Å². The van der Waals surface area contributed by atoms with Crippen molar-refractivity contribution in [2.24, 2.45) is 17.3 Å². The quantitative estimate of drug-likeness (QED) is 0.376. The maximum absolute atomic E-state index is 12.6. The Morgan fingerprint density at radius 3 is 2.60 bits per heavy atom. The molecule has 5 atom stereocenters. The summed E-state index contributed by atoms with van der Waals surface area (Å²) in [5, 5.41) is 11.3. The Morgan fingerprint density at radius 2 is 1.90 bits per heavy atom. The van der Waals surface area contributed by atoms with Crippen molar-refractivity contribution >= 4 is 21.7 Å². The number of nitrogens with zero attached hydrogens (tertiary/aromatic N) is 1. The Kier molecular flexibility index (Phi) is 6.49. The van der Waals surface area contributed by atoms with Gasteiger partial charge in [0, 0.05) is 30.0 Å². The van der Waals surface area contributed by atoms with E-state index in [1.807, 2.05) is 19.1 Å². The van der Waals surface area contributed by atoms with Gasteiger partial charge < -0.3 is 9.84 Å². The van der Waals surface area contributed by atoms with Crippen LogP contribution in [0.1, 0.15) is 86.6 Å². The summed E-state index contributed by atoms with van der Waals surface area (Å²) in [4.78, 5) is 11.8. The molecule has 0 aromatic heterocycles. The fraction of sp³-hybridized carbons (Fsp3) is 0.545. The molecule has 0 spiro atoms. The summed E-state index contributed by atoms with van der Waals surface area (Å²) >= 11 is 0. The third-order valence-electron chi connectivity index (χ3n) is 10.5. The third-order valence-corrected chi connectivity index (χ3v) is 11.7. The maximum atomic E-state index is 12.6. The molecule has 0 bridgehead atoms. The van der Waals surface area contributed by atoms with E-state index in [-0.39, 0.29) is 23.2 Å². The zero-order valence-electron chi connectivity index (χ0n) is 24.1. The van der Waals surface area contributed by atoms with Gasteiger partial charge in [0.15, 0.2) is 0 Å². The van der Waals surface area contributed by atoms with E-state index in [1.165, 1.54) is 28.6 Å². The van der Waals surface area contributed by atoms with E-state index in [4.69, 9.17) is 4.74 Å². The largest absolute Gasteiger partial charge is 0.507 e. The van der Waals surface area contributed by atoms with Gasteiger partial charge in [-0.2, -0.15) is 0 Å². The standard InChI is InChI=1S/C33H39NO5S/c1-6-7-22-19(2)26(18-30-25(22)13-15-34(30)40(5,37)38)28-17-27-21(16-31(28)36)8-9-24-23(27)12-14-33(4)29(24)10-11-32(33)39-20(3)35/h16-18,23-24,29,32,36H,8-15H2,1-5H3/t23-,24+,29-,32-,33-/m0/s1. The summed E-state index contributed by atoms with van der Waals surface area (Å²) in [5.41, 5.74) is 7.61. The van der Waals surface area contributed by atoms with Crippen molar-refractivity contribution in [1.29, 1.82) is 0 Å². The van der Waals surface area contributed by atoms with Crippen LogP contribution < -0.4 is 4.31 Å². The number of phenolic OH excluding ortho intramolecular Hbond substituents is 1. The highest BCUT2D eigenvalue weighted by Gasteiger charge is 2.56. The molecule has 40 heavy (non-hydrogen) atoms. The molecule has 2 aromatic rings. The number of ether oxygens (including phenoxy) is 1. The number of aryl methyl sites for hydroxylation is 1. The van der Waals surface area contributed by atoms with Gasteiger partial charge >= 0.3 is 5.97 Å². The minimum Gasteiger partial charge on any atom is -0.507 e. The summed E-state index contributed by atoms with van der Waals surface area (Å²) < 4.78 is 32.5. The highest BCUT2D eigenvalue weighted by Crippen LogP contribution is 2.62. The lowest BCUT2D eigenvalue weighted by Gasteiger charge is -2.50. The van der Waals surface area contributed by atoms with Crippen LogP contribution in [0.25, 0.3) is 11.1 Å². The molecule has 0 unspecified atom stereocenters. The molecule has 6 nitrogen and oxygen atoms in total. The molecule has 4 aliphatic rings. The van der Waals surface area contributed by atoms with Crippen molar-refractivity contribution in [3.05, 3.63) is 46.0 Å². The van der Waals surface area contributed by atoms with Crippen LogP contribution in [-0.4, -0.2) is 38.4 Å². The van der Waals surface area contributed by atoms with Gasteiger partial charge in [0.25, 0.3) is 0 Å². The number of rotatable bonds is 3. The zero-order valence-corrected chi connectivity index (χ0v) is 25.0. The van der Waals surface area contributed by atoms with Crippen LogP contribution in [0.15, 0.2) is 18.2 Å². The number of sulfonamides is 1. The Hall–Kier alpha value is -2.98. The molecule has 3 aliphatic carbocycles. The van der Waals surface area contributed by atoms with Gasteiger partial charge in [-0.15, -0.1) is 5.92 Å². The molecule has 0 amide bonds. The summed E-state index contributed by atoms with van der Waals surface area (Å²) in [6.07, 6.45) is 7.95. The first-order valence-corrected chi connectivity index (χ1v) is 16.4. The van der Waals surface area contributed by atoms with Crippen LogP contribution in [0, 0.1) is 36.0 Å². The second-order valence-electron chi connectivity index (χ2n) is 12.6. The lowest BCUT2D eigenvalue weighted by molar-refractivity contribution is -0.154. The molecule has 0 radical (unpaired) electrons. The van der Waals surface area contributed by atoms with Crippen molar-refractivity contribution in [3.63, 3.8) is 0 Å². The van der Waals surface area contributed by atoms with Gasteiger partial charge in [-0.3, -0.25) is 9.10 Å². The number of hydrogen-bond donors (Lipinski definition) is 1. The molecule has 1 N–H and O–H groups in total. The van der Waals surface area contributed by atoms with Gasteiger partial charge in [0.1, 0.15) is 11.9 Å². The summed E-state index contributed by atoms with van der Waals surface area (Å²) in [6, 6.07) is 6.07. The number of aromatic hydroxyl groups is 1. The number of anilines is 1. The number of hydrogen-bond acceptors (Lipinski definition) is 5. The fourth-order valence-electron chi connectivity index (χ4n) is 8.72. The van der Waals surface area contributed by atoms with Gasteiger partial charge in [-0.05, 0) is 123 Å². The van der Waals surface area contributed by atoms with Crippen LogP contribution in [0.5, 0.6) is 5.75 Å². The number of carbonyl (C=O) groups excluding carboxylic acids is 1. The number of esters is 1. The fourth-order valence-corrected chi connectivity index (χ4v) is 9.66. The number of phenols is 1. The molecule has 1 aliphatic heterocycles. The third kappa shape index (κ3) is 4.13. The monoisotopic (exact) mass is 561 g/mol. The molecule has 2 saturated carbocycles. The summed E-state index contributed by atoms with van der Waals surface area (Å²) in [6.45, 7) is 8.07. The molecule has 212 valence electrons. The van der Waals surface area contributed by atoms with Crippen molar-refractivity contribution < 1.29 is 23.1 Å². The van der Waals surface area contributed by atoms with E-state index in [0.29, 0.717) is 36.4 Å². The second-order valence-corrected chi connectivity index (χ2v) is 14.5. The average Bonchev–Trinajstić information content (AvgIpc) is 3.46. The van der Waals surface area contributed by atoms with E-state index in [9.17, 15) is 18.3 Å². The van der Waals surface area contributed by atoms with E-state index >= 15 is 0 Å². The predicted octanol–water partition coefficient (Wildman–Crippen LogP) is 5.85. The Labute approximate surface area is 238 Å². The van der Waals surface area contributed by atoms with Gasteiger partial charge in [0.2, 0.25) is 10.0 Å². The van der Waals surface area contributed by atoms with E-state index in [0.717, 1.165) is 66.3 Å². The minimum absolute atomic E-state index is 0.00215.